The quantitative estimate of drug-likeness (QED) is 0.213. The van der Waals surface area contributed by atoms with Crippen molar-refractivity contribution < 1.29 is 14.4 Å². The molecule has 1 amide bonds. The number of rotatable bonds is 8. The van der Waals surface area contributed by atoms with Crippen LogP contribution in [-0.4, -0.2) is 29.5 Å². The summed E-state index contributed by atoms with van der Waals surface area (Å²) in [6.07, 6.45) is 3.09. The molecule has 0 spiro atoms. The van der Waals surface area contributed by atoms with Crippen LogP contribution in [0.4, 0.5) is 5.82 Å². The number of oxime groups is 1. The van der Waals surface area contributed by atoms with Crippen molar-refractivity contribution >= 4 is 46.3 Å². The minimum atomic E-state index is -0.376. The van der Waals surface area contributed by atoms with E-state index in [1.807, 2.05) is 48.5 Å². The van der Waals surface area contributed by atoms with Gasteiger partial charge in [0, 0.05) is 21.8 Å². The molecule has 7 heteroatoms. The molecule has 0 bridgehead atoms. The molecule has 29 heavy (non-hydrogen) atoms. The number of nitrogens with one attached hydrogen (secondary N) is 1. The Kier molecular flexibility index (Phi) is 7.46. The summed E-state index contributed by atoms with van der Waals surface area (Å²) in [6, 6.07) is 20.9. The van der Waals surface area contributed by atoms with E-state index in [4.69, 9.17) is 4.84 Å². The first-order valence-electron chi connectivity index (χ1n) is 8.86. The zero-order valence-corrected chi connectivity index (χ0v) is 17.6. The zero-order chi connectivity index (χ0) is 20.5. The number of aromatic nitrogens is 1. The number of carbonyl (C=O) groups excluding carboxylic acids is 2. The highest BCUT2D eigenvalue weighted by atomic mass is 127. The Balaban J connectivity index is 1.42. The highest BCUT2D eigenvalue weighted by molar-refractivity contribution is 14.1. The molecule has 0 aliphatic heterocycles. The van der Waals surface area contributed by atoms with Gasteiger partial charge in [-0.25, -0.2) is 4.98 Å². The van der Waals surface area contributed by atoms with Crippen molar-refractivity contribution in [1.29, 1.82) is 0 Å². The molecule has 1 aromatic heterocycles. The van der Waals surface area contributed by atoms with Crippen LogP contribution in [0.5, 0.6) is 0 Å². The van der Waals surface area contributed by atoms with Crippen molar-refractivity contribution in [2.75, 3.05) is 11.9 Å². The van der Waals surface area contributed by atoms with Crippen LogP contribution in [0.15, 0.2) is 78.1 Å². The van der Waals surface area contributed by atoms with Gasteiger partial charge in [0.25, 0.3) is 5.91 Å². The standard InChI is InChI=1S/C22H18IN3O3/c23-19-10-11-21(24-14-19)26-22(28)15-29-25-13-12-20(27)18-8-6-17(7-9-18)16-4-2-1-3-5-16/h1-11,13-14H,12,15H2,(H,24,26,28)/b25-13+. The summed E-state index contributed by atoms with van der Waals surface area (Å²) in [4.78, 5) is 33.0. The molecule has 6 nitrogen and oxygen atoms in total. The van der Waals surface area contributed by atoms with Gasteiger partial charge in [0.2, 0.25) is 0 Å². The second kappa shape index (κ2) is 10.5. The highest BCUT2D eigenvalue weighted by Crippen LogP contribution is 2.19. The predicted octanol–water partition coefficient (Wildman–Crippen LogP) is 4.57. The van der Waals surface area contributed by atoms with Gasteiger partial charge in [-0.3, -0.25) is 9.59 Å². The maximum Gasteiger partial charge on any atom is 0.266 e. The second-order valence-corrected chi connectivity index (χ2v) is 7.29. The summed E-state index contributed by atoms with van der Waals surface area (Å²) < 4.78 is 0.973. The van der Waals surface area contributed by atoms with E-state index in [0.29, 0.717) is 11.4 Å². The van der Waals surface area contributed by atoms with E-state index in [0.717, 1.165) is 14.7 Å². The van der Waals surface area contributed by atoms with Crippen molar-refractivity contribution in [3.63, 3.8) is 0 Å². The molecule has 0 fully saturated rings. The molecule has 0 unspecified atom stereocenters. The lowest BCUT2D eigenvalue weighted by Crippen LogP contribution is -2.17. The van der Waals surface area contributed by atoms with Gasteiger partial charge in [-0.2, -0.15) is 0 Å². The van der Waals surface area contributed by atoms with Gasteiger partial charge in [0.15, 0.2) is 12.4 Å². The first-order valence-corrected chi connectivity index (χ1v) is 9.93. The number of Topliss-reactive ketones (excluding diaryl/α,β-unsaturated/α-hetero) is 1. The zero-order valence-electron chi connectivity index (χ0n) is 15.4. The van der Waals surface area contributed by atoms with Gasteiger partial charge in [-0.15, -0.1) is 0 Å². The number of amides is 1. The van der Waals surface area contributed by atoms with Crippen molar-refractivity contribution in [1.82, 2.24) is 4.98 Å². The van der Waals surface area contributed by atoms with Crippen molar-refractivity contribution in [3.05, 3.63) is 82.1 Å². The Labute approximate surface area is 182 Å². The first-order chi connectivity index (χ1) is 14.1. The fourth-order valence-corrected chi connectivity index (χ4v) is 2.81. The molecule has 3 aromatic rings. The molecule has 0 atom stereocenters. The smallest absolute Gasteiger partial charge is 0.266 e. The minimum Gasteiger partial charge on any atom is -0.386 e. The van der Waals surface area contributed by atoms with E-state index in [9.17, 15) is 9.59 Å². The summed E-state index contributed by atoms with van der Waals surface area (Å²) >= 11 is 2.13. The van der Waals surface area contributed by atoms with Crippen molar-refractivity contribution in [2.24, 2.45) is 5.16 Å². The number of pyridine rings is 1. The Morgan fingerprint density at radius 1 is 1.00 bits per heavy atom. The Morgan fingerprint density at radius 3 is 2.41 bits per heavy atom. The number of ketones is 1. The van der Waals surface area contributed by atoms with E-state index >= 15 is 0 Å². The van der Waals surface area contributed by atoms with Gasteiger partial charge in [0.1, 0.15) is 5.82 Å². The van der Waals surface area contributed by atoms with E-state index in [2.05, 4.69) is 38.0 Å². The Morgan fingerprint density at radius 2 is 1.72 bits per heavy atom. The SMILES string of the molecule is O=C(CO/N=C/CC(=O)c1ccc(-c2ccccc2)cc1)Nc1ccc(I)cn1. The number of carbonyl (C=O) groups is 2. The molecule has 3 rings (SSSR count). The predicted molar refractivity (Wildman–Crippen MR) is 121 cm³/mol. The molecule has 0 aliphatic rings. The molecule has 0 saturated carbocycles. The van der Waals surface area contributed by atoms with Crippen LogP contribution in [0, 0.1) is 3.57 Å². The minimum absolute atomic E-state index is 0.0792. The number of benzene rings is 2. The van der Waals surface area contributed by atoms with Crippen LogP contribution < -0.4 is 5.32 Å². The molecular weight excluding hydrogens is 481 g/mol. The average molecular weight is 499 g/mol. The molecule has 0 saturated heterocycles. The molecule has 1 N–H and O–H groups in total. The van der Waals surface area contributed by atoms with Gasteiger partial charge < -0.3 is 10.2 Å². The van der Waals surface area contributed by atoms with Crippen molar-refractivity contribution in [2.45, 2.75) is 6.42 Å². The lowest BCUT2D eigenvalue weighted by Gasteiger charge is -2.04. The van der Waals surface area contributed by atoms with Crippen LogP contribution in [0.1, 0.15) is 16.8 Å². The lowest BCUT2D eigenvalue weighted by molar-refractivity contribution is -0.120. The summed E-state index contributed by atoms with van der Waals surface area (Å²) in [5, 5.41) is 6.26. The van der Waals surface area contributed by atoms with Crippen LogP contribution >= 0.6 is 22.6 Å². The van der Waals surface area contributed by atoms with E-state index in [1.54, 1.807) is 24.4 Å². The first kappa shape index (κ1) is 20.7. The van der Waals surface area contributed by atoms with Crippen LogP contribution in [0.2, 0.25) is 0 Å². The topological polar surface area (TPSA) is 80.6 Å². The van der Waals surface area contributed by atoms with Gasteiger partial charge >= 0.3 is 0 Å². The van der Waals surface area contributed by atoms with Gasteiger partial charge in [-0.1, -0.05) is 59.8 Å². The number of hydrogen-bond acceptors (Lipinski definition) is 5. The van der Waals surface area contributed by atoms with Crippen LogP contribution in [0.25, 0.3) is 11.1 Å². The third-order valence-corrected chi connectivity index (χ3v) is 4.57. The number of anilines is 1. The summed E-state index contributed by atoms with van der Waals surface area (Å²) in [5.74, 6) is -0.0136. The molecule has 0 aliphatic carbocycles. The number of halogens is 1. The maximum atomic E-state index is 12.2. The fourth-order valence-electron chi connectivity index (χ4n) is 2.49. The molecular formula is C22H18IN3O3. The third-order valence-electron chi connectivity index (χ3n) is 3.93. The maximum absolute atomic E-state index is 12.2. The third kappa shape index (κ3) is 6.49. The van der Waals surface area contributed by atoms with Gasteiger partial charge in [0.05, 0.1) is 6.21 Å². The van der Waals surface area contributed by atoms with E-state index in [1.165, 1.54) is 6.21 Å². The largest absolute Gasteiger partial charge is 0.386 e. The van der Waals surface area contributed by atoms with Crippen LogP contribution in [-0.2, 0) is 9.63 Å². The second-order valence-electron chi connectivity index (χ2n) is 6.04. The van der Waals surface area contributed by atoms with Gasteiger partial charge in [-0.05, 0) is 45.9 Å². The summed E-state index contributed by atoms with van der Waals surface area (Å²) in [6.45, 7) is -0.260. The fraction of sp³-hybridized carbons (Fsp3) is 0.0909. The van der Waals surface area contributed by atoms with E-state index in [-0.39, 0.29) is 24.7 Å². The number of hydrogen-bond donors (Lipinski definition) is 1. The summed E-state index contributed by atoms with van der Waals surface area (Å²) in [5.41, 5.74) is 2.74. The summed E-state index contributed by atoms with van der Waals surface area (Å²) in [7, 11) is 0. The highest BCUT2D eigenvalue weighted by Gasteiger charge is 2.06. The van der Waals surface area contributed by atoms with Crippen molar-refractivity contribution in [3.8, 4) is 11.1 Å². The monoisotopic (exact) mass is 499 g/mol. The number of nitrogens with zero attached hydrogens (tertiary/aromatic N) is 2. The normalized spacial score (nSPS) is 10.7. The van der Waals surface area contributed by atoms with E-state index < -0.39 is 0 Å². The lowest BCUT2D eigenvalue weighted by atomic mass is 10.0. The molecule has 1 heterocycles. The average Bonchev–Trinajstić information content (AvgIpc) is 2.76. The molecule has 2 aromatic carbocycles. The van der Waals surface area contributed by atoms with Crippen LogP contribution in [0.3, 0.4) is 0 Å². The Hall–Kier alpha value is -3.07. The molecule has 146 valence electrons. The molecule has 0 radical (unpaired) electrons. The Bertz CT molecular complexity index is 988.